The molecule has 0 bridgehead atoms. The van der Waals surface area contributed by atoms with Gasteiger partial charge in [0.2, 0.25) is 5.91 Å². The molecule has 2 aliphatic rings. The number of carbonyl (C=O) groups excluding carboxylic acids is 1. The number of nitrogens with zero attached hydrogens (tertiary/aromatic N) is 1. The maximum absolute atomic E-state index is 12.4. The summed E-state index contributed by atoms with van der Waals surface area (Å²) in [5, 5.41) is 0. The van der Waals surface area contributed by atoms with Crippen LogP contribution in [0, 0.1) is 17.8 Å². The molecular weight excluding hydrogens is 238 g/mol. The van der Waals surface area contributed by atoms with Crippen LogP contribution in [0.4, 0.5) is 0 Å². The fraction of sp³-hybridized carbons (Fsp3) is 0.562. The quantitative estimate of drug-likeness (QED) is 0.832. The van der Waals surface area contributed by atoms with E-state index in [1.807, 2.05) is 36.2 Å². The van der Waals surface area contributed by atoms with E-state index in [0.29, 0.717) is 12.5 Å². The highest BCUT2D eigenvalue weighted by atomic mass is 16.5. The molecule has 3 rings (SSSR count). The standard InChI is InChI=1S/C16H21NO2/c1-17(10-11-5-3-4-6-15(11)19-2)16(18)14-8-12-7-13(12)9-14/h3-6,12-14H,7-10H2,1-2H3. The monoisotopic (exact) mass is 259 g/mol. The molecule has 0 saturated heterocycles. The van der Waals surface area contributed by atoms with E-state index in [-0.39, 0.29) is 5.92 Å². The van der Waals surface area contributed by atoms with Crippen LogP contribution >= 0.6 is 0 Å². The Kier molecular flexibility index (Phi) is 3.21. The summed E-state index contributed by atoms with van der Waals surface area (Å²) in [5.74, 6) is 3.14. The number of benzene rings is 1. The smallest absolute Gasteiger partial charge is 0.225 e. The van der Waals surface area contributed by atoms with Crippen LogP contribution in [0.15, 0.2) is 24.3 Å². The zero-order chi connectivity index (χ0) is 13.4. The molecule has 0 N–H and O–H groups in total. The van der Waals surface area contributed by atoms with E-state index in [9.17, 15) is 4.79 Å². The molecule has 0 radical (unpaired) electrons. The van der Waals surface area contributed by atoms with E-state index in [1.165, 1.54) is 6.42 Å². The summed E-state index contributed by atoms with van der Waals surface area (Å²) in [6.45, 7) is 0.634. The lowest BCUT2D eigenvalue weighted by Crippen LogP contribution is -2.32. The third kappa shape index (κ3) is 2.46. The molecule has 1 aromatic carbocycles. The third-order valence-corrected chi connectivity index (χ3v) is 4.57. The van der Waals surface area contributed by atoms with Crippen LogP contribution in [-0.4, -0.2) is 25.0 Å². The Labute approximate surface area is 114 Å². The molecule has 19 heavy (non-hydrogen) atoms. The highest BCUT2D eigenvalue weighted by Gasteiger charge is 2.48. The Balaban J connectivity index is 1.63. The summed E-state index contributed by atoms with van der Waals surface area (Å²) in [5.41, 5.74) is 1.07. The van der Waals surface area contributed by atoms with Gasteiger partial charge in [0.15, 0.2) is 0 Å². The fourth-order valence-electron chi connectivity index (χ4n) is 3.40. The van der Waals surface area contributed by atoms with Crippen LogP contribution in [0.3, 0.4) is 0 Å². The zero-order valence-corrected chi connectivity index (χ0v) is 11.6. The van der Waals surface area contributed by atoms with Crippen molar-refractivity contribution >= 4 is 5.91 Å². The van der Waals surface area contributed by atoms with Crippen LogP contribution in [0.1, 0.15) is 24.8 Å². The Morgan fingerprint density at radius 3 is 2.63 bits per heavy atom. The van der Waals surface area contributed by atoms with Gasteiger partial charge in [-0.2, -0.15) is 0 Å². The van der Waals surface area contributed by atoms with Crippen LogP contribution in [0.5, 0.6) is 5.75 Å². The van der Waals surface area contributed by atoms with Crippen molar-refractivity contribution < 1.29 is 9.53 Å². The molecular formula is C16H21NO2. The lowest BCUT2D eigenvalue weighted by atomic mass is 10.0. The Morgan fingerprint density at radius 2 is 1.95 bits per heavy atom. The maximum Gasteiger partial charge on any atom is 0.225 e. The first-order chi connectivity index (χ1) is 9.19. The topological polar surface area (TPSA) is 29.5 Å². The summed E-state index contributed by atoms with van der Waals surface area (Å²) in [7, 11) is 3.57. The second-order valence-electron chi connectivity index (χ2n) is 5.93. The zero-order valence-electron chi connectivity index (χ0n) is 11.6. The normalized spacial score (nSPS) is 27.8. The number of fused-ring (bicyclic) bond motifs is 1. The SMILES string of the molecule is COc1ccccc1CN(C)C(=O)C1CC2CC2C1. The van der Waals surface area contributed by atoms with Gasteiger partial charge in [0.1, 0.15) is 5.75 Å². The molecule has 0 aliphatic heterocycles. The second-order valence-corrected chi connectivity index (χ2v) is 5.93. The predicted octanol–water partition coefficient (Wildman–Crippen LogP) is 2.70. The van der Waals surface area contributed by atoms with Gasteiger partial charge in [-0.1, -0.05) is 18.2 Å². The number of hydrogen-bond donors (Lipinski definition) is 0. The summed E-state index contributed by atoms with van der Waals surface area (Å²) in [6.07, 6.45) is 3.58. The average Bonchev–Trinajstić information content (AvgIpc) is 3.05. The highest BCUT2D eigenvalue weighted by Crippen LogP contribution is 2.54. The van der Waals surface area contributed by atoms with Gasteiger partial charge in [0.25, 0.3) is 0 Å². The number of ether oxygens (including phenoxy) is 1. The van der Waals surface area contributed by atoms with Crippen LogP contribution < -0.4 is 4.74 Å². The van der Waals surface area contributed by atoms with Gasteiger partial charge >= 0.3 is 0 Å². The van der Waals surface area contributed by atoms with E-state index in [0.717, 1.165) is 36.0 Å². The van der Waals surface area contributed by atoms with Crippen molar-refractivity contribution in [1.82, 2.24) is 4.90 Å². The van der Waals surface area contributed by atoms with E-state index in [4.69, 9.17) is 4.74 Å². The van der Waals surface area contributed by atoms with Gasteiger partial charge in [0.05, 0.1) is 7.11 Å². The van der Waals surface area contributed by atoms with Crippen molar-refractivity contribution in [2.75, 3.05) is 14.2 Å². The van der Waals surface area contributed by atoms with Gasteiger partial charge in [-0.3, -0.25) is 4.79 Å². The minimum Gasteiger partial charge on any atom is -0.496 e. The van der Waals surface area contributed by atoms with Crippen LogP contribution in [-0.2, 0) is 11.3 Å². The first kappa shape index (κ1) is 12.5. The molecule has 2 unspecified atom stereocenters. The molecule has 0 aromatic heterocycles. The minimum absolute atomic E-state index is 0.267. The minimum atomic E-state index is 0.267. The molecule has 2 saturated carbocycles. The fourth-order valence-corrected chi connectivity index (χ4v) is 3.40. The van der Waals surface area contributed by atoms with E-state index in [1.54, 1.807) is 7.11 Å². The largest absolute Gasteiger partial charge is 0.496 e. The molecule has 3 nitrogen and oxygen atoms in total. The Hall–Kier alpha value is -1.51. The Bertz CT molecular complexity index is 475. The first-order valence-electron chi connectivity index (χ1n) is 7.06. The number of hydrogen-bond acceptors (Lipinski definition) is 2. The number of methoxy groups -OCH3 is 1. The van der Waals surface area contributed by atoms with E-state index in [2.05, 4.69) is 0 Å². The van der Waals surface area contributed by atoms with Crippen molar-refractivity contribution in [3.63, 3.8) is 0 Å². The number of para-hydroxylation sites is 1. The lowest BCUT2D eigenvalue weighted by molar-refractivity contribution is -0.134. The first-order valence-corrected chi connectivity index (χ1v) is 7.06. The second kappa shape index (κ2) is 4.87. The van der Waals surface area contributed by atoms with Crippen LogP contribution in [0.25, 0.3) is 0 Å². The van der Waals surface area contributed by atoms with E-state index >= 15 is 0 Å². The van der Waals surface area contributed by atoms with Gasteiger partial charge in [-0.25, -0.2) is 0 Å². The molecule has 1 amide bonds. The van der Waals surface area contributed by atoms with Crippen LogP contribution in [0.2, 0.25) is 0 Å². The van der Waals surface area contributed by atoms with Crippen molar-refractivity contribution in [3.8, 4) is 5.75 Å². The molecule has 2 atom stereocenters. The van der Waals surface area contributed by atoms with Crippen molar-refractivity contribution in [1.29, 1.82) is 0 Å². The summed E-state index contributed by atoms with van der Waals surface area (Å²) < 4.78 is 5.34. The number of rotatable bonds is 4. The average molecular weight is 259 g/mol. The van der Waals surface area contributed by atoms with Gasteiger partial charge in [-0.05, 0) is 37.2 Å². The van der Waals surface area contributed by atoms with E-state index < -0.39 is 0 Å². The molecule has 3 heteroatoms. The van der Waals surface area contributed by atoms with Crippen molar-refractivity contribution in [3.05, 3.63) is 29.8 Å². The molecule has 2 aliphatic carbocycles. The molecule has 2 fully saturated rings. The molecule has 0 heterocycles. The van der Waals surface area contributed by atoms with Gasteiger partial charge < -0.3 is 9.64 Å². The summed E-state index contributed by atoms with van der Waals surface area (Å²) in [6, 6.07) is 7.91. The number of amides is 1. The molecule has 1 aromatic rings. The van der Waals surface area contributed by atoms with Crippen molar-refractivity contribution in [2.45, 2.75) is 25.8 Å². The van der Waals surface area contributed by atoms with Crippen molar-refractivity contribution in [2.24, 2.45) is 17.8 Å². The maximum atomic E-state index is 12.4. The predicted molar refractivity (Wildman–Crippen MR) is 73.8 cm³/mol. The molecule has 102 valence electrons. The summed E-state index contributed by atoms with van der Waals surface area (Å²) in [4.78, 5) is 14.3. The third-order valence-electron chi connectivity index (χ3n) is 4.57. The summed E-state index contributed by atoms with van der Waals surface area (Å²) >= 11 is 0. The van der Waals surface area contributed by atoms with Gasteiger partial charge in [-0.15, -0.1) is 0 Å². The number of carbonyl (C=O) groups is 1. The molecule has 0 spiro atoms. The van der Waals surface area contributed by atoms with Gasteiger partial charge in [0, 0.05) is 25.1 Å². The highest BCUT2D eigenvalue weighted by molar-refractivity contribution is 5.79. The Morgan fingerprint density at radius 1 is 1.26 bits per heavy atom. The lowest BCUT2D eigenvalue weighted by Gasteiger charge is -2.22.